The van der Waals surface area contributed by atoms with Gasteiger partial charge in [-0.3, -0.25) is 0 Å². The number of aliphatic hydroxyl groups is 2. The van der Waals surface area contributed by atoms with E-state index in [-0.39, 0.29) is 19.3 Å². The molecule has 76 valence electrons. The number of hydrogen-bond acceptors (Lipinski definition) is 6. The van der Waals surface area contributed by atoms with E-state index in [0.717, 1.165) is 0 Å². The first-order valence-corrected chi connectivity index (χ1v) is 3.92. The Hall–Kier alpha value is -0.850. The van der Waals surface area contributed by atoms with Gasteiger partial charge in [0, 0.05) is 0 Å². The number of carbonyl (C=O) groups is 1. The third-order valence-electron chi connectivity index (χ3n) is 1.39. The lowest BCUT2D eigenvalue weighted by molar-refractivity contribution is -0.000874. The van der Waals surface area contributed by atoms with Crippen molar-refractivity contribution in [2.75, 3.05) is 26.4 Å². The van der Waals surface area contributed by atoms with Crippen LogP contribution in [0.15, 0.2) is 0 Å². The maximum absolute atomic E-state index is 10.7. The van der Waals surface area contributed by atoms with Gasteiger partial charge >= 0.3 is 6.16 Å². The van der Waals surface area contributed by atoms with Crippen LogP contribution < -0.4 is 0 Å². The number of rotatable bonds is 5. The van der Waals surface area contributed by atoms with Crippen LogP contribution in [0.3, 0.4) is 0 Å². The fourth-order valence-corrected chi connectivity index (χ4v) is 0.584. The molecule has 0 spiro atoms. The lowest BCUT2D eigenvalue weighted by Gasteiger charge is -2.07. The van der Waals surface area contributed by atoms with Gasteiger partial charge in [-0.25, -0.2) is 4.79 Å². The van der Waals surface area contributed by atoms with Gasteiger partial charge in [0.2, 0.25) is 0 Å². The summed E-state index contributed by atoms with van der Waals surface area (Å²) in [5.74, 6) is 0. The highest BCUT2D eigenvalue weighted by atomic mass is 16.7. The van der Waals surface area contributed by atoms with Gasteiger partial charge in [0.1, 0.15) is 25.4 Å². The topological polar surface area (TPSA) is 88.5 Å². The molecule has 1 rings (SSSR count). The Bertz CT molecular complexity index is 166. The van der Waals surface area contributed by atoms with Crippen molar-refractivity contribution in [1.29, 1.82) is 0 Å². The van der Waals surface area contributed by atoms with Crippen LogP contribution in [0.2, 0.25) is 0 Å². The SMILES string of the molecule is O=C(OCC(O)CO)OCC1CO1. The molecule has 1 heterocycles. The Morgan fingerprint density at radius 1 is 1.62 bits per heavy atom. The molecule has 6 heteroatoms. The van der Waals surface area contributed by atoms with Crippen LogP contribution in [0.4, 0.5) is 4.79 Å². The normalized spacial score (nSPS) is 22.2. The van der Waals surface area contributed by atoms with Gasteiger partial charge in [-0.05, 0) is 0 Å². The summed E-state index contributed by atoms with van der Waals surface area (Å²) in [6, 6.07) is 0. The first-order chi connectivity index (χ1) is 6.22. The van der Waals surface area contributed by atoms with Crippen molar-refractivity contribution in [2.24, 2.45) is 0 Å². The molecular weight excluding hydrogens is 180 g/mol. The van der Waals surface area contributed by atoms with Crippen LogP contribution in [0.5, 0.6) is 0 Å². The fourth-order valence-electron chi connectivity index (χ4n) is 0.584. The van der Waals surface area contributed by atoms with Crippen molar-refractivity contribution in [3.8, 4) is 0 Å². The van der Waals surface area contributed by atoms with Gasteiger partial charge in [-0.15, -0.1) is 0 Å². The Labute approximate surface area is 75.0 Å². The number of ether oxygens (including phenoxy) is 3. The van der Waals surface area contributed by atoms with Gasteiger partial charge < -0.3 is 24.4 Å². The summed E-state index contributed by atoms with van der Waals surface area (Å²) in [6.07, 6.45) is -1.91. The van der Waals surface area contributed by atoms with E-state index in [9.17, 15) is 4.79 Å². The number of hydrogen-bond donors (Lipinski definition) is 2. The summed E-state index contributed by atoms with van der Waals surface area (Å²) >= 11 is 0. The molecular formula is C7H12O6. The minimum atomic E-state index is -1.05. The molecule has 1 saturated heterocycles. The van der Waals surface area contributed by atoms with E-state index >= 15 is 0 Å². The van der Waals surface area contributed by atoms with Crippen molar-refractivity contribution in [3.63, 3.8) is 0 Å². The Kier molecular flexibility index (Phi) is 3.94. The largest absolute Gasteiger partial charge is 0.508 e. The van der Waals surface area contributed by atoms with Crippen molar-refractivity contribution in [3.05, 3.63) is 0 Å². The Balaban J connectivity index is 1.96. The number of aliphatic hydroxyl groups excluding tert-OH is 2. The van der Waals surface area contributed by atoms with Gasteiger partial charge in [0.05, 0.1) is 13.2 Å². The Morgan fingerprint density at radius 2 is 2.31 bits per heavy atom. The van der Waals surface area contributed by atoms with Gasteiger partial charge in [-0.1, -0.05) is 0 Å². The van der Waals surface area contributed by atoms with E-state index in [0.29, 0.717) is 6.61 Å². The molecule has 0 aromatic rings. The molecule has 2 atom stereocenters. The number of epoxide rings is 1. The van der Waals surface area contributed by atoms with Gasteiger partial charge in [0.15, 0.2) is 0 Å². The molecule has 0 aromatic heterocycles. The molecule has 0 amide bonds. The van der Waals surface area contributed by atoms with E-state index < -0.39 is 18.9 Å². The van der Waals surface area contributed by atoms with Crippen molar-refractivity contribution < 1.29 is 29.2 Å². The summed E-state index contributed by atoms with van der Waals surface area (Å²) < 4.78 is 13.8. The molecule has 0 radical (unpaired) electrons. The van der Waals surface area contributed by atoms with E-state index in [1.807, 2.05) is 0 Å². The standard InChI is InChI=1S/C7H12O6/c8-1-5(9)2-12-7(10)13-4-6-3-11-6/h5-6,8-9H,1-4H2. The Morgan fingerprint density at radius 3 is 2.85 bits per heavy atom. The predicted molar refractivity (Wildman–Crippen MR) is 40.1 cm³/mol. The maximum Gasteiger partial charge on any atom is 0.508 e. The second kappa shape index (κ2) is 5.00. The molecule has 0 aliphatic carbocycles. The summed E-state index contributed by atoms with van der Waals surface area (Å²) in [4.78, 5) is 10.7. The van der Waals surface area contributed by atoms with Crippen LogP contribution in [0, 0.1) is 0 Å². The van der Waals surface area contributed by atoms with Crippen LogP contribution in [-0.4, -0.2) is 55.0 Å². The number of carbonyl (C=O) groups excluding carboxylic acids is 1. The van der Waals surface area contributed by atoms with Crippen LogP contribution in [0.1, 0.15) is 0 Å². The molecule has 0 aromatic carbocycles. The first-order valence-electron chi connectivity index (χ1n) is 3.92. The highest BCUT2D eigenvalue weighted by Crippen LogP contribution is 2.08. The van der Waals surface area contributed by atoms with Crippen LogP contribution in [0.25, 0.3) is 0 Å². The first kappa shape index (κ1) is 10.2. The van der Waals surface area contributed by atoms with Crippen molar-refractivity contribution >= 4 is 6.16 Å². The van der Waals surface area contributed by atoms with E-state index in [1.54, 1.807) is 0 Å². The maximum atomic E-state index is 10.7. The second-order valence-corrected chi connectivity index (χ2v) is 2.66. The van der Waals surface area contributed by atoms with Gasteiger partial charge in [0.25, 0.3) is 0 Å². The summed E-state index contributed by atoms with van der Waals surface area (Å²) in [6.45, 7) is 0.0699. The second-order valence-electron chi connectivity index (χ2n) is 2.66. The van der Waals surface area contributed by atoms with Crippen LogP contribution >= 0.6 is 0 Å². The van der Waals surface area contributed by atoms with Crippen molar-refractivity contribution in [1.82, 2.24) is 0 Å². The summed E-state index contributed by atoms with van der Waals surface area (Å²) in [5, 5.41) is 17.2. The minimum Gasteiger partial charge on any atom is -0.431 e. The summed E-state index contributed by atoms with van der Waals surface area (Å²) in [5.41, 5.74) is 0. The quantitative estimate of drug-likeness (QED) is 0.424. The molecule has 1 fully saturated rings. The summed E-state index contributed by atoms with van der Waals surface area (Å²) in [7, 11) is 0. The smallest absolute Gasteiger partial charge is 0.431 e. The van der Waals surface area contributed by atoms with E-state index in [2.05, 4.69) is 9.47 Å². The highest BCUT2D eigenvalue weighted by molar-refractivity contribution is 5.59. The fraction of sp³-hybridized carbons (Fsp3) is 0.857. The molecule has 0 saturated carbocycles. The molecule has 6 nitrogen and oxygen atoms in total. The zero-order valence-electron chi connectivity index (χ0n) is 7.01. The predicted octanol–water partition coefficient (Wildman–Crippen LogP) is -1.11. The average Bonchev–Trinajstić information content (AvgIpc) is 2.94. The molecule has 13 heavy (non-hydrogen) atoms. The molecule has 0 bridgehead atoms. The van der Waals surface area contributed by atoms with E-state index in [4.69, 9.17) is 14.9 Å². The lowest BCUT2D eigenvalue weighted by Crippen LogP contribution is -2.23. The monoisotopic (exact) mass is 192 g/mol. The van der Waals surface area contributed by atoms with Crippen LogP contribution in [-0.2, 0) is 14.2 Å². The van der Waals surface area contributed by atoms with Crippen molar-refractivity contribution in [2.45, 2.75) is 12.2 Å². The molecule has 1 aliphatic rings. The van der Waals surface area contributed by atoms with E-state index in [1.165, 1.54) is 0 Å². The average molecular weight is 192 g/mol. The molecule has 1 aliphatic heterocycles. The zero-order valence-corrected chi connectivity index (χ0v) is 7.01. The highest BCUT2D eigenvalue weighted by Gasteiger charge is 2.24. The third kappa shape index (κ3) is 4.66. The third-order valence-corrected chi connectivity index (χ3v) is 1.39. The molecule has 2 unspecified atom stereocenters. The molecule has 2 N–H and O–H groups in total. The zero-order chi connectivity index (χ0) is 9.68. The lowest BCUT2D eigenvalue weighted by atomic mass is 10.4. The van der Waals surface area contributed by atoms with Gasteiger partial charge in [-0.2, -0.15) is 0 Å². The minimum absolute atomic E-state index is 0.00434.